The minimum absolute atomic E-state index is 0.0635. The van der Waals surface area contributed by atoms with Crippen molar-refractivity contribution in [1.82, 2.24) is 10.1 Å². The Morgan fingerprint density at radius 2 is 2.27 bits per heavy atom. The molecule has 116 valence electrons. The van der Waals surface area contributed by atoms with Gasteiger partial charge in [-0.1, -0.05) is 5.16 Å². The van der Waals surface area contributed by atoms with Crippen molar-refractivity contribution in [2.75, 3.05) is 7.11 Å². The van der Waals surface area contributed by atoms with Crippen LogP contribution in [0.4, 0.5) is 0 Å². The van der Waals surface area contributed by atoms with E-state index in [1.165, 1.54) is 7.11 Å². The molecule has 22 heavy (non-hydrogen) atoms. The normalized spacial score (nSPS) is 16.0. The number of fused-ring (bicyclic) bond motifs is 1. The molecule has 2 heterocycles. The first-order valence-electron chi connectivity index (χ1n) is 6.90. The van der Waals surface area contributed by atoms with Crippen LogP contribution in [0.5, 0.6) is 11.5 Å². The molecule has 1 aliphatic rings. The molecule has 7 nitrogen and oxygen atoms in total. The van der Waals surface area contributed by atoms with E-state index in [2.05, 4.69) is 10.1 Å². The molecular formula is C15H16N2O5. The fourth-order valence-corrected chi connectivity index (χ4v) is 2.38. The minimum Gasteiger partial charge on any atom is -0.493 e. The van der Waals surface area contributed by atoms with E-state index in [-0.39, 0.29) is 18.6 Å². The van der Waals surface area contributed by atoms with Crippen molar-refractivity contribution < 1.29 is 23.5 Å². The quantitative estimate of drug-likeness (QED) is 0.799. The average molecular weight is 304 g/mol. The van der Waals surface area contributed by atoms with Gasteiger partial charge in [-0.3, -0.25) is 0 Å². The summed E-state index contributed by atoms with van der Waals surface area (Å²) in [5.74, 6) is 1.50. The van der Waals surface area contributed by atoms with Gasteiger partial charge in [-0.15, -0.1) is 0 Å². The Hall–Kier alpha value is -2.57. The SMILES string of the molecule is COc1cc(C(=O)OCc2nc(C)no2)cc2c1O[C@H](C)C2. The van der Waals surface area contributed by atoms with Crippen molar-refractivity contribution in [2.45, 2.75) is 33.0 Å². The van der Waals surface area contributed by atoms with Crippen LogP contribution in [0.1, 0.15) is 34.6 Å². The van der Waals surface area contributed by atoms with Crippen LogP contribution in [0.2, 0.25) is 0 Å². The predicted molar refractivity (Wildman–Crippen MR) is 74.9 cm³/mol. The minimum atomic E-state index is -0.475. The lowest BCUT2D eigenvalue weighted by Gasteiger charge is -2.10. The predicted octanol–water partition coefficient (Wildman–Crippen LogP) is 2.07. The van der Waals surface area contributed by atoms with Gasteiger partial charge in [0.25, 0.3) is 5.89 Å². The Balaban J connectivity index is 1.77. The second kappa shape index (κ2) is 5.67. The zero-order chi connectivity index (χ0) is 15.7. The molecule has 0 amide bonds. The van der Waals surface area contributed by atoms with Gasteiger partial charge < -0.3 is 18.7 Å². The highest BCUT2D eigenvalue weighted by Gasteiger charge is 2.25. The first-order valence-corrected chi connectivity index (χ1v) is 6.90. The fraction of sp³-hybridized carbons (Fsp3) is 0.400. The summed E-state index contributed by atoms with van der Waals surface area (Å²) in [5.41, 5.74) is 1.34. The third kappa shape index (κ3) is 2.74. The number of benzene rings is 1. The van der Waals surface area contributed by atoms with Crippen LogP contribution in [0.25, 0.3) is 0 Å². The second-order valence-corrected chi connectivity index (χ2v) is 5.11. The van der Waals surface area contributed by atoms with E-state index in [0.29, 0.717) is 22.9 Å². The number of hydrogen-bond acceptors (Lipinski definition) is 7. The molecule has 0 N–H and O–H groups in total. The molecule has 0 radical (unpaired) electrons. The van der Waals surface area contributed by atoms with Gasteiger partial charge in [0, 0.05) is 12.0 Å². The molecule has 1 atom stereocenters. The van der Waals surface area contributed by atoms with Gasteiger partial charge in [-0.05, 0) is 26.0 Å². The third-order valence-electron chi connectivity index (χ3n) is 3.31. The number of methoxy groups -OCH3 is 1. The zero-order valence-electron chi connectivity index (χ0n) is 12.6. The molecule has 0 saturated heterocycles. The molecule has 0 saturated carbocycles. The van der Waals surface area contributed by atoms with Crippen molar-refractivity contribution in [3.63, 3.8) is 0 Å². The Morgan fingerprint density at radius 3 is 2.95 bits per heavy atom. The van der Waals surface area contributed by atoms with Crippen LogP contribution in [-0.2, 0) is 17.8 Å². The zero-order valence-corrected chi connectivity index (χ0v) is 12.6. The van der Waals surface area contributed by atoms with Gasteiger partial charge in [-0.2, -0.15) is 4.98 Å². The van der Waals surface area contributed by atoms with E-state index in [1.54, 1.807) is 19.1 Å². The van der Waals surface area contributed by atoms with Gasteiger partial charge >= 0.3 is 5.97 Å². The molecule has 1 aromatic carbocycles. The van der Waals surface area contributed by atoms with E-state index >= 15 is 0 Å². The smallest absolute Gasteiger partial charge is 0.338 e. The van der Waals surface area contributed by atoms with E-state index in [4.69, 9.17) is 18.7 Å². The number of ether oxygens (including phenoxy) is 3. The van der Waals surface area contributed by atoms with Crippen LogP contribution >= 0.6 is 0 Å². The summed E-state index contributed by atoms with van der Waals surface area (Å²) in [6, 6.07) is 3.38. The monoisotopic (exact) mass is 304 g/mol. The Kier molecular flexibility index (Phi) is 3.70. The first-order chi connectivity index (χ1) is 10.6. The molecule has 2 aromatic rings. The van der Waals surface area contributed by atoms with Crippen molar-refractivity contribution >= 4 is 5.97 Å². The maximum Gasteiger partial charge on any atom is 0.338 e. The number of aryl methyl sites for hydroxylation is 1. The molecule has 0 spiro atoms. The number of carbonyl (C=O) groups excluding carboxylic acids is 1. The highest BCUT2D eigenvalue weighted by Crippen LogP contribution is 2.39. The number of hydrogen-bond donors (Lipinski definition) is 0. The number of carbonyl (C=O) groups is 1. The lowest BCUT2D eigenvalue weighted by Crippen LogP contribution is -2.06. The van der Waals surface area contributed by atoms with E-state index in [1.807, 2.05) is 6.92 Å². The van der Waals surface area contributed by atoms with Crippen molar-refractivity contribution in [2.24, 2.45) is 0 Å². The van der Waals surface area contributed by atoms with E-state index in [0.717, 1.165) is 12.0 Å². The average Bonchev–Trinajstić information content (AvgIpc) is 3.08. The maximum absolute atomic E-state index is 12.2. The summed E-state index contributed by atoms with van der Waals surface area (Å²) in [4.78, 5) is 16.1. The van der Waals surface area contributed by atoms with Gasteiger partial charge in [0.2, 0.25) is 0 Å². The number of esters is 1. The highest BCUT2D eigenvalue weighted by atomic mass is 16.6. The van der Waals surface area contributed by atoms with Crippen molar-refractivity contribution in [1.29, 1.82) is 0 Å². The van der Waals surface area contributed by atoms with Gasteiger partial charge in [0.05, 0.1) is 12.7 Å². The Bertz CT molecular complexity index is 710. The lowest BCUT2D eigenvalue weighted by molar-refractivity contribution is 0.0429. The number of aromatic nitrogens is 2. The summed E-state index contributed by atoms with van der Waals surface area (Å²) in [5, 5.41) is 3.64. The van der Waals surface area contributed by atoms with Crippen molar-refractivity contribution in [3.8, 4) is 11.5 Å². The summed E-state index contributed by atoms with van der Waals surface area (Å²) in [6.45, 7) is 3.60. The summed E-state index contributed by atoms with van der Waals surface area (Å²) in [6.07, 6.45) is 0.798. The molecular weight excluding hydrogens is 288 g/mol. The number of rotatable bonds is 4. The van der Waals surface area contributed by atoms with Crippen molar-refractivity contribution in [3.05, 3.63) is 35.0 Å². The molecule has 1 aliphatic heterocycles. The highest BCUT2D eigenvalue weighted by molar-refractivity contribution is 5.90. The molecule has 3 rings (SSSR count). The largest absolute Gasteiger partial charge is 0.493 e. The number of nitrogens with zero attached hydrogens (tertiary/aromatic N) is 2. The van der Waals surface area contributed by atoms with E-state index < -0.39 is 5.97 Å². The fourth-order valence-electron chi connectivity index (χ4n) is 2.38. The van der Waals surface area contributed by atoms with Crippen LogP contribution in [0.15, 0.2) is 16.7 Å². The van der Waals surface area contributed by atoms with Crippen LogP contribution in [0, 0.1) is 6.92 Å². The lowest BCUT2D eigenvalue weighted by atomic mass is 10.1. The summed E-state index contributed by atoms with van der Waals surface area (Å²) >= 11 is 0. The Labute approximate surface area is 127 Å². The van der Waals surface area contributed by atoms with Gasteiger partial charge in [0.15, 0.2) is 23.9 Å². The molecule has 1 aromatic heterocycles. The molecule has 0 bridgehead atoms. The maximum atomic E-state index is 12.2. The van der Waals surface area contributed by atoms with E-state index in [9.17, 15) is 4.79 Å². The third-order valence-corrected chi connectivity index (χ3v) is 3.31. The standard InChI is InChI=1S/C15H16N2O5/c1-8-4-10-5-11(6-12(19-3)14(10)21-8)15(18)20-7-13-16-9(2)17-22-13/h5-6,8H,4,7H2,1-3H3/t8-/m1/s1. The summed E-state index contributed by atoms with van der Waals surface area (Å²) in [7, 11) is 1.54. The second-order valence-electron chi connectivity index (χ2n) is 5.11. The topological polar surface area (TPSA) is 83.7 Å². The molecule has 0 aliphatic carbocycles. The summed E-state index contributed by atoms with van der Waals surface area (Å²) < 4.78 is 21.1. The molecule has 0 unspecified atom stereocenters. The van der Waals surface area contributed by atoms with Crippen LogP contribution in [-0.4, -0.2) is 29.3 Å². The first kappa shape index (κ1) is 14.4. The molecule has 7 heteroatoms. The van der Waals surface area contributed by atoms with Crippen LogP contribution in [0.3, 0.4) is 0 Å². The van der Waals surface area contributed by atoms with Crippen LogP contribution < -0.4 is 9.47 Å². The molecule has 0 fully saturated rings. The van der Waals surface area contributed by atoms with Gasteiger partial charge in [0.1, 0.15) is 6.10 Å². The van der Waals surface area contributed by atoms with Gasteiger partial charge in [-0.25, -0.2) is 4.79 Å². The Morgan fingerprint density at radius 1 is 1.45 bits per heavy atom.